The molecule has 2 N–H and O–H groups in total. The van der Waals surface area contributed by atoms with Gasteiger partial charge in [-0.1, -0.05) is 15.9 Å². The maximum Gasteiger partial charge on any atom is 0.287 e. The van der Waals surface area contributed by atoms with Crippen LogP contribution in [0.25, 0.3) is 0 Å². The number of unbranched alkanes of at least 4 members (excludes halogenated alkanes) is 1. The second-order valence-corrected chi connectivity index (χ2v) is 3.73. The van der Waals surface area contributed by atoms with Gasteiger partial charge in [0, 0.05) is 11.8 Å². The summed E-state index contributed by atoms with van der Waals surface area (Å²) in [7, 11) is 0. The predicted molar refractivity (Wildman–Crippen MR) is 52.7 cm³/mol. The van der Waals surface area contributed by atoms with Gasteiger partial charge in [-0.3, -0.25) is 4.79 Å². The molecule has 0 atom stereocenters. The Bertz CT molecular complexity index is 179. The Labute approximate surface area is 90.0 Å². The molecule has 0 aromatic carbocycles. The molecule has 0 saturated heterocycles. The van der Waals surface area contributed by atoms with E-state index in [0.717, 1.165) is 11.8 Å². The molecule has 0 aliphatic heterocycles. The van der Waals surface area contributed by atoms with E-state index in [1.54, 1.807) is 0 Å². The summed E-state index contributed by atoms with van der Waals surface area (Å²) in [6.45, 7) is -2.04. The van der Waals surface area contributed by atoms with Crippen molar-refractivity contribution in [3.63, 3.8) is 0 Å². The Hall–Kier alpha value is -0.230. The molecule has 0 heterocycles. The second-order valence-electron chi connectivity index (χ2n) is 2.94. The third-order valence-corrected chi connectivity index (χ3v) is 2.12. The Kier molecular flexibility index (Phi) is 7.00. The highest BCUT2D eigenvalue weighted by Gasteiger charge is 2.27. The van der Waals surface area contributed by atoms with Crippen LogP contribution in [0.4, 0.5) is 8.78 Å². The molecule has 0 radical (unpaired) electrons. The summed E-state index contributed by atoms with van der Waals surface area (Å²) in [5, 5.41) is 11.1. The lowest BCUT2D eigenvalue weighted by atomic mass is 10.2. The van der Waals surface area contributed by atoms with E-state index in [1.165, 1.54) is 0 Å². The third kappa shape index (κ3) is 7.20. The van der Waals surface area contributed by atoms with Crippen LogP contribution in [0.5, 0.6) is 0 Å². The number of aliphatic hydroxyl groups is 1. The summed E-state index contributed by atoms with van der Waals surface area (Å²) >= 11 is 3.20. The Morgan fingerprint density at radius 1 is 1.43 bits per heavy atom. The van der Waals surface area contributed by atoms with Crippen molar-refractivity contribution in [3.8, 4) is 0 Å². The number of hydrogen-bond donors (Lipinski definition) is 2. The average molecular weight is 274 g/mol. The van der Waals surface area contributed by atoms with Crippen molar-refractivity contribution in [1.29, 1.82) is 0 Å². The molecule has 0 spiro atoms. The van der Waals surface area contributed by atoms with Crippen LogP contribution in [0.1, 0.15) is 19.3 Å². The SMILES string of the molecule is O=C(CCCCBr)NCC(F)(F)CO. The van der Waals surface area contributed by atoms with E-state index in [2.05, 4.69) is 21.2 Å². The summed E-state index contributed by atoms with van der Waals surface area (Å²) < 4.78 is 24.9. The van der Waals surface area contributed by atoms with Crippen molar-refractivity contribution >= 4 is 21.8 Å². The van der Waals surface area contributed by atoms with Crippen molar-refractivity contribution in [2.45, 2.75) is 25.2 Å². The Morgan fingerprint density at radius 3 is 2.57 bits per heavy atom. The molecule has 1 amide bonds. The summed E-state index contributed by atoms with van der Waals surface area (Å²) in [5.74, 6) is -3.62. The molecule has 0 saturated carbocycles. The van der Waals surface area contributed by atoms with E-state index in [-0.39, 0.29) is 6.42 Å². The smallest absolute Gasteiger partial charge is 0.287 e. The van der Waals surface area contributed by atoms with Gasteiger partial charge in [-0.15, -0.1) is 0 Å². The molecule has 0 fully saturated rings. The normalized spacial score (nSPS) is 11.4. The molecule has 0 aliphatic rings. The fourth-order valence-electron chi connectivity index (χ4n) is 0.752. The van der Waals surface area contributed by atoms with Gasteiger partial charge in [0.25, 0.3) is 5.92 Å². The van der Waals surface area contributed by atoms with Crippen LogP contribution in [-0.4, -0.2) is 35.4 Å². The number of nitrogens with one attached hydrogen (secondary N) is 1. The minimum Gasteiger partial charge on any atom is -0.390 e. The number of hydrogen-bond acceptors (Lipinski definition) is 2. The number of alkyl halides is 3. The van der Waals surface area contributed by atoms with Crippen LogP contribution in [0.15, 0.2) is 0 Å². The summed E-state index contributed by atoms with van der Waals surface area (Å²) in [5.41, 5.74) is 0. The van der Waals surface area contributed by atoms with E-state index in [9.17, 15) is 13.6 Å². The Balaban J connectivity index is 3.53. The predicted octanol–water partition coefficient (Wildman–Crippen LogP) is 1.30. The van der Waals surface area contributed by atoms with E-state index in [0.29, 0.717) is 6.42 Å². The molecule has 0 rings (SSSR count). The zero-order valence-electron chi connectivity index (χ0n) is 7.73. The number of aliphatic hydroxyl groups excluding tert-OH is 1. The van der Waals surface area contributed by atoms with Gasteiger partial charge in [0.1, 0.15) is 6.61 Å². The lowest BCUT2D eigenvalue weighted by molar-refractivity contribution is -0.124. The summed E-state index contributed by atoms with van der Waals surface area (Å²) in [6.07, 6.45) is 1.75. The largest absolute Gasteiger partial charge is 0.390 e. The third-order valence-electron chi connectivity index (χ3n) is 1.56. The van der Waals surface area contributed by atoms with Gasteiger partial charge in [0.15, 0.2) is 0 Å². The second kappa shape index (κ2) is 7.11. The maximum atomic E-state index is 12.4. The van der Waals surface area contributed by atoms with Gasteiger partial charge >= 0.3 is 0 Å². The number of amides is 1. The number of halogens is 3. The molecule has 0 unspecified atom stereocenters. The molecule has 0 bridgehead atoms. The first-order valence-corrected chi connectivity index (χ1v) is 5.45. The maximum absolute atomic E-state index is 12.4. The minimum atomic E-state index is -3.22. The van der Waals surface area contributed by atoms with E-state index in [1.807, 2.05) is 0 Å². The first kappa shape index (κ1) is 13.8. The average Bonchev–Trinajstić information content (AvgIpc) is 2.16. The van der Waals surface area contributed by atoms with E-state index < -0.39 is 25.0 Å². The molecule has 0 aromatic rings. The number of carbonyl (C=O) groups excluding carboxylic acids is 1. The molecule has 0 aliphatic carbocycles. The topological polar surface area (TPSA) is 49.3 Å². The van der Waals surface area contributed by atoms with Crippen molar-refractivity contribution in [2.24, 2.45) is 0 Å². The monoisotopic (exact) mass is 273 g/mol. The van der Waals surface area contributed by atoms with Crippen molar-refractivity contribution < 1.29 is 18.7 Å². The minimum absolute atomic E-state index is 0.243. The van der Waals surface area contributed by atoms with Crippen LogP contribution in [0, 0.1) is 0 Å². The van der Waals surface area contributed by atoms with E-state index >= 15 is 0 Å². The molecular weight excluding hydrogens is 260 g/mol. The first-order valence-electron chi connectivity index (χ1n) is 4.33. The molecule has 84 valence electrons. The number of rotatable bonds is 7. The quantitative estimate of drug-likeness (QED) is 0.543. The number of carbonyl (C=O) groups is 1. The van der Waals surface area contributed by atoms with Crippen LogP contribution < -0.4 is 5.32 Å². The van der Waals surface area contributed by atoms with Crippen LogP contribution in [0.2, 0.25) is 0 Å². The van der Waals surface area contributed by atoms with Crippen LogP contribution in [0.3, 0.4) is 0 Å². The molecule has 3 nitrogen and oxygen atoms in total. The van der Waals surface area contributed by atoms with Crippen LogP contribution in [-0.2, 0) is 4.79 Å². The van der Waals surface area contributed by atoms with Crippen LogP contribution >= 0.6 is 15.9 Å². The van der Waals surface area contributed by atoms with Gasteiger partial charge in [0.05, 0.1) is 6.54 Å². The Morgan fingerprint density at radius 2 is 2.07 bits per heavy atom. The first-order chi connectivity index (χ1) is 6.52. The standard InChI is InChI=1S/C8H14BrF2NO2/c9-4-2-1-3-7(14)12-5-8(10,11)6-13/h13H,1-6H2,(H,12,14). The van der Waals surface area contributed by atoms with Gasteiger partial charge in [-0.25, -0.2) is 8.78 Å². The zero-order valence-corrected chi connectivity index (χ0v) is 9.32. The van der Waals surface area contributed by atoms with Gasteiger partial charge in [-0.05, 0) is 12.8 Å². The van der Waals surface area contributed by atoms with Crippen molar-refractivity contribution in [2.75, 3.05) is 18.5 Å². The molecular formula is C8H14BrF2NO2. The van der Waals surface area contributed by atoms with Crippen molar-refractivity contribution in [3.05, 3.63) is 0 Å². The molecule has 0 aromatic heterocycles. The molecule has 14 heavy (non-hydrogen) atoms. The lowest BCUT2D eigenvalue weighted by Crippen LogP contribution is -2.38. The van der Waals surface area contributed by atoms with Gasteiger partial charge in [-0.2, -0.15) is 0 Å². The highest BCUT2D eigenvalue weighted by molar-refractivity contribution is 9.09. The van der Waals surface area contributed by atoms with Crippen molar-refractivity contribution in [1.82, 2.24) is 5.32 Å². The highest BCUT2D eigenvalue weighted by Crippen LogP contribution is 2.09. The fraction of sp³-hybridized carbons (Fsp3) is 0.875. The lowest BCUT2D eigenvalue weighted by Gasteiger charge is -2.13. The zero-order chi connectivity index (χ0) is 11.0. The summed E-state index contributed by atoms with van der Waals surface area (Å²) in [6, 6.07) is 0. The van der Waals surface area contributed by atoms with Gasteiger partial charge in [0.2, 0.25) is 5.91 Å². The summed E-state index contributed by atoms with van der Waals surface area (Å²) in [4.78, 5) is 10.9. The fourth-order valence-corrected chi connectivity index (χ4v) is 1.15. The van der Waals surface area contributed by atoms with Gasteiger partial charge < -0.3 is 10.4 Å². The molecule has 6 heteroatoms. The highest BCUT2D eigenvalue weighted by atomic mass is 79.9. The van der Waals surface area contributed by atoms with E-state index in [4.69, 9.17) is 5.11 Å².